The molecule has 1 atom stereocenters. The van der Waals surface area contributed by atoms with Crippen LogP contribution in [-0.2, 0) is 9.53 Å². The molecule has 1 aliphatic heterocycles. The summed E-state index contributed by atoms with van der Waals surface area (Å²) in [5, 5.41) is 6.49. The Kier molecular flexibility index (Phi) is 4.24. The van der Waals surface area contributed by atoms with Crippen molar-refractivity contribution in [1.82, 2.24) is 10.6 Å². The topological polar surface area (TPSA) is 59.6 Å². The molecule has 0 spiro atoms. The van der Waals surface area contributed by atoms with Gasteiger partial charge in [0.15, 0.2) is 5.11 Å². The van der Waals surface area contributed by atoms with Gasteiger partial charge in [0, 0.05) is 11.3 Å². The van der Waals surface area contributed by atoms with E-state index < -0.39 is 12.0 Å². The molecule has 20 heavy (non-hydrogen) atoms. The van der Waals surface area contributed by atoms with Crippen LogP contribution in [0, 0.1) is 0 Å². The van der Waals surface area contributed by atoms with Crippen LogP contribution in [0.5, 0.6) is 5.75 Å². The Morgan fingerprint density at radius 2 is 2.00 bits per heavy atom. The Morgan fingerprint density at radius 1 is 1.30 bits per heavy atom. The van der Waals surface area contributed by atoms with E-state index in [1.165, 1.54) is 7.11 Å². The highest BCUT2D eigenvalue weighted by atomic mass is 32.1. The summed E-state index contributed by atoms with van der Waals surface area (Å²) in [5.74, 6) is 0.282. The molecule has 0 fully saturated rings. The average Bonchev–Trinajstić information content (AvgIpc) is 2.45. The highest BCUT2D eigenvalue weighted by Gasteiger charge is 2.32. The lowest BCUT2D eigenvalue weighted by Crippen LogP contribution is -2.45. The van der Waals surface area contributed by atoms with E-state index in [2.05, 4.69) is 10.6 Å². The van der Waals surface area contributed by atoms with Crippen LogP contribution in [-0.4, -0.2) is 25.3 Å². The Morgan fingerprint density at radius 3 is 2.65 bits per heavy atom. The largest absolute Gasteiger partial charge is 0.496 e. The summed E-state index contributed by atoms with van der Waals surface area (Å²) in [6, 6.07) is 7.09. The highest BCUT2D eigenvalue weighted by Crippen LogP contribution is 2.33. The third kappa shape index (κ3) is 2.60. The lowest BCUT2D eigenvalue weighted by molar-refractivity contribution is -0.136. The second-order valence-electron chi connectivity index (χ2n) is 4.30. The zero-order chi connectivity index (χ0) is 14.7. The number of methoxy groups -OCH3 is 2. The first-order chi connectivity index (χ1) is 9.58. The molecule has 0 aliphatic carbocycles. The van der Waals surface area contributed by atoms with Crippen molar-refractivity contribution >= 4 is 23.3 Å². The van der Waals surface area contributed by atoms with Crippen molar-refractivity contribution in [3.05, 3.63) is 41.1 Å². The number of thiocarbonyl (C=S) groups is 1. The number of hydrogen-bond acceptors (Lipinski definition) is 4. The Bertz CT molecular complexity index is 584. The molecule has 0 radical (unpaired) electrons. The van der Waals surface area contributed by atoms with Crippen LogP contribution in [0.3, 0.4) is 0 Å². The normalized spacial score (nSPS) is 18.1. The van der Waals surface area contributed by atoms with E-state index in [1.54, 1.807) is 14.0 Å². The summed E-state index contributed by atoms with van der Waals surface area (Å²) in [7, 11) is 2.95. The number of allylic oxidation sites excluding steroid dienone is 1. The fourth-order valence-electron chi connectivity index (χ4n) is 2.21. The van der Waals surface area contributed by atoms with Gasteiger partial charge in [-0.25, -0.2) is 4.79 Å². The maximum Gasteiger partial charge on any atom is 0.337 e. The van der Waals surface area contributed by atoms with E-state index >= 15 is 0 Å². The number of nitrogens with one attached hydrogen (secondary N) is 2. The number of rotatable bonds is 3. The average molecular weight is 292 g/mol. The van der Waals surface area contributed by atoms with Gasteiger partial charge in [-0.3, -0.25) is 0 Å². The molecule has 0 saturated heterocycles. The summed E-state index contributed by atoms with van der Waals surface area (Å²) >= 11 is 5.17. The van der Waals surface area contributed by atoms with Crippen LogP contribution in [0.1, 0.15) is 18.5 Å². The van der Waals surface area contributed by atoms with Crippen molar-refractivity contribution in [3.8, 4) is 5.75 Å². The Hall–Kier alpha value is -2.08. The molecular formula is C14H16N2O3S. The van der Waals surface area contributed by atoms with Gasteiger partial charge < -0.3 is 20.1 Å². The van der Waals surface area contributed by atoms with E-state index in [9.17, 15) is 4.79 Å². The number of esters is 1. The zero-order valence-electron chi connectivity index (χ0n) is 11.5. The van der Waals surface area contributed by atoms with Gasteiger partial charge in [0.2, 0.25) is 0 Å². The highest BCUT2D eigenvalue weighted by molar-refractivity contribution is 7.80. The fourth-order valence-corrected chi connectivity index (χ4v) is 2.48. The van der Waals surface area contributed by atoms with Crippen molar-refractivity contribution in [3.63, 3.8) is 0 Å². The van der Waals surface area contributed by atoms with E-state index in [4.69, 9.17) is 21.7 Å². The molecule has 5 nitrogen and oxygen atoms in total. The molecule has 1 aromatic carbocycles. The molecule has 1 aromatic rings. The van der Waals surface area contributed by atoms with Crippen LogP contribution in [0.15, 0.2) is 35.5 Å². The summed E-state index contributed by atoms with van der Waals surface area (Å²) < 4.78 is 10.2. The van der Waals surface area contributed by atoms with Crippen molar-refractivity contribution in [1.29, 1.82) is 0 Å². The predicted molar refractivity (Wildman–Crippen MR) is 79.3 cm³/mol. The second-order valence-corrected chi connectivity index (χ2v) is 4.71. The molecule has 2 N–H and O–H groups in total. The molecule has 0 unspecified atom stereocenters. The minimum atomic E-state index is -0.402. The molecule has 2 rings (SSSR count). The van der Waals surface area contributed by atoms with E-state index in [-0.39, 0.29) is 0 Å². The molecule has 6 heteroatoms. The third-order valence-corrected chi connectivity index (χ3v) is 3.34. The van der Waals surface area contributed by atoms with Crippen LogP contribution < -0.4 is 15.4 Å². The Labute approximate surface area is 123 Å². The summed E-state index contributed by atoms with van der Waals surface area (Å²) in [6.07, 6.45) is 0. The lowest BCUT2D eigenvalue weighted by Gasteiger charge is -2.30. The van der Waals surface area contributed by atoms with Crippen LogP contribution >= 0.6 is 12.2 Å². The number of ether oxygens (including phenoxy) is 2. The van der Waals surface area contributed by atoms with Gasteiger partial charge in [-0.1, -0.05) is 18.2 Å². The van der Waals surface area contributed by atoms with Gasteiger partial charge in [-0.2, -0.15) is 0 Å². The Balaban J connectivity index is 2.54. The fraction of sp³-hybridized carbons (Fsp3) is 0.286. The quantitative estimate of drug-likeness (QED) is 0.653. The van der Waals surface area contributed by atoms with E-state index in [0.717, 1.165) is 5.56 Å². The first-order valence-corrected chi connectivity index (χ1v) is 6.48. The monoisotopic (exact) mass is 292 g/mol. The molecule has 106 valence electrons. The predicted octanol–water partition coefficient (Wildman–Crippen LogP) is 1.66. The first-order valence-electron chi connectivity index (χ1n) is 6.08. The minimum absolute atomic E-state index is 0.396. The van der Waals surface area contributed by atoms with Gasteiger partial charge >= 0.3 is 5.97 Å². The van der Waals surface area contributed by atoms with Crippen LogP contribution in [0.25, 0.3) is 0 Å². The summed E-state index contributed by atoms with van der Waals surface area (Å²) in [5.41, 5.74) is 2.00. The summed E-state index contributed by atoms with van der Waals surface area (Å²) in [4.78, 5) is 12.0. The number of carbonyl (C=O) groups is 1. The van der Waals surface area contributed by atoms with E-state index in [1.807, 2.05) is 24.3 Å². The lowest BCUT2D eigenvalue weighted by atomic mass is 9.95. The van der Waals surface area contributed by atoms with Crippen molar-refractivity contribution in [2.75, 3.05) is 14.2 Å². The molecular weight excluding hydrogens is 276 g/mol. The van der Waals surface area contributed by atoms with Gasteiger partial charge in [-0.15, -0.1) is 0 Å². The SMILES string of the molecule is COC(=O)C1=C(C)NC(=S)N[C@@H]1c1ccccc1OC. The number of carbonyl (C=O) groups excluding carboxylic acids is 1. The van der Waals surface area contributed by atoms with E-state index in [0.29, 0.717) is 22.1 Å². The van der Waals surface area contributed by atoms with Crippen molar-refractivity contribution in [2.24, 2.45) is 0 Å². The zero-order valence-corrected chi connectivity index (χ0v) is 12.3. The van der Waals surface area contributed by atoms with Gasteiger partial charge in [0.25, 0.3) is 0 Å². The van der Waals surface area contributed by atoms with Gasteiger partial charge in [0.05, 0.1) is 25.8 Å². The molecule has 0 saturated carbocycles. The van der Waals surface area contributed by atoms with Crippen LogP contribution in [0.2, 0.25) is 0 Å². The van der Waals surface area contributed by atoms with Gasteiger partial charge in [0.1, 0.15) is 5.75 Å². The molecule has 1 aliphatic rings. The second kappa shape index (κ2) is 5.92. The molecule has 0 bridgehead atoms. The van der Waals surface area contributed by atoms with Gasteiger partial charge in [-0.05, 0) is 25.2 Å². The third-order valence-electron chi connectivity index (χ3n) is 3.12. The molecule has 0 amide bonds. The first kappa shape index (κ1) is 14.3. The minimum Gasteiger partial charge on any atom is -0.496 e. The standard InChI is InChI=1S/C14H16N2O3S/c1-8-11(13(17)19-3)12(16-14(20)15-8)9-6-4-5-7-10(9)18-2/h4-7,12H,1-3H3,(H2,15,16,20)/t12-/m1/s1. The smallest absolute Gasteiger partial charge is 0.337 e. The summed E-state index contributed by atoms with van der Waals surface area (Å²) in [6.45, 7) is 1.79. The molecule has 0 aromatic heterocycles. The maximum atomic E-state index is 12.0. The van der Waals surface area contributed by atoms with Crippen LogP contribution in [0.4, 0.5) is 0 Å². The molecule has 1 heterocycles. The number of hydrogen-bond donors (Lipinski definition) is 2. The maximum absolute atomic E-state index is 12.0. The van der Waals surface area contributed by atoms with Crippen molar-refractivity contribution < 1.29 is 14.3 Å². The van der Waals surface area contributed by atoms with Crippen molar-refractivity contribution in [2.45, 2.75) is 13.0 Å². The number of benzene rings is 1. The number of para-hydroxylation sites is 1.